The van der Waals surface area contributed by atoms with Gasteiger partial charge >= 0.3 is 0 Å². The summed E-state index contributed by atoms with van der Waals surface area (Å²) in [6.45, 7) is 0. The van der Waals surface area contributed by atoms with E-state index in [1.807, 2.05) is 53.4 Å². The maximum atomic E-state index is 12.4. The molecule has 3 aromatic heterocycles. The summed E-state index contributed by atoms with van der Waals surface area (Å²) >= 11 is 1.51. The molecule has 2 N–H and O–H groups in total. The number of para-hydroxylation sites is 1. The number of nitrogens with one attached hydrogen (secondary N) is 2. The number of aromatic nitrogens is 3. The lowest BCUT2D eigenvalue weighted by Crippen LogP contribution is -2.41. The first kappa shape index (κ1) is 17.9. The van der Waals surface area contributed by atoms with E-state index in [2.05, 4.69) is 21.0 Å². The van der Waals surface area contributed by atoms with E-state index >= 15 is 0 Å². The second kappa shape index (κ2) is 7.65. The molecule has 8 nitrogen and oxygen atoms in total. The lowest BCUT2D eigenvalue weighted by Gasteiger charge is -2.06. The number of hydrogen-bond acceptors (Lipinski definition) is 6. The summed E-state index contributed by atoms with van der Waals surface area (Å²) in [4.78, 5) is 29.6. The third-order valence-corrected chi connectivity index (χ3v) is 5.10. The number of amides is 2. The monoisotopic (exact) mass is 395 g/mol. The zero-order chi connectivity index (χ0) is 19.5. The van der Waals surface area contributed by atoms with E-state index in [0.717, 1.165) is 15.8 Å². The van der Waals surface area contributed by atoms with Crippen LogP contribution in [0.4, 0.5) is 0 Å². The van der Waals surface area contributed by atoms with Gasteiger partial charge in [-0.15, -0.1) is 11.3 Å². The predicted molar refractivity (Wildman–Crippen MR) is 104 cm³/mol. The average Bonchev–Trinajstić information content (AvgIpc) is 3.45. The van der Waals surface area contributed by atoms with E-state index < -0.39 is 0 Å². The van der Waals surface area contributed by atoms with Gasteiger partial charge in [0.15, 0.2) is 0 Å². The van der Waals surface area contributed by atoms with Crippen LogP contribution in [0.2, 0.25) is 0 Å². The molecule has 0 bridgehead atoms. The van der Waals surface area contributed by atoms with Gasteiger partial charge in [-0.2, -0.15) is 4.98 Å². The van der Waals surface area contributed by atoms with Crippen molar-refractivity contribution in [3.8, 4) is 10.7 Å². The van der Waals surface area contributed by atoms with Crippen molar-refractivity contribution in [2.45, 2.75) is 12.8 Å². The molecule has 4 aromatic rings. The highest BCUT2D eigenvalue weighted by Gasteiger charge is 2.15. The van der Waals surface area contributed by atoms with E-state index in [0.29, 0.717) is 17.3 Å². The molecule has 28 heavy (non-hydrogen) atoms. The zero-order valence-corrected chi connectivity index (χ0v) is 15.8. The third kappa shape index (κ3) is 3.65. The van der Waals surface area contributed by atoms with E-state index in [-0.39, 0.29) is 24.7 Å². The van der Waals surface area contributed by atoms with E-state index in [4.69, 9.17) is 4.52 Å². The Kier molecular flexibility index (Phi) is 4.90. The molecule has 142 valence electrons. The van der Waals surface area contributed by atoms with Crippen molar-refractivity contribution >= 4 is 34.1 Å². The van der Waals surface area contributed by atoms with Gasteiger partial charge in [0.25, 0.3) is 5.91 Å². The Bertz CT molecular complexity index is 1130. The maximum absolute atomic E-state index is 12.4. The second-order valence-corrected chi connectivity index (χ2v) is 7.11. The fraction of sp³-hybridized carbons (Fsp3) is 0.158. The van der Waals surface area contributed by atoms with Crippen molar-refractivity contribution in [1.29, 1.82) is 0 Å². The number of fused-ring (bicyclic) bond motifs is 1. The minimum Gasteiger partial charge on any atom is -0.350 e. The summed E-state index contributed by atoms with van der Waals surface area (Å²) in [5, 5.41) is 6.65. The molecule has 1 aromatic carbocycles. The van der Waals surface area contributed by atoms with Crippen LogP contribution in [0.3, 0.4) is 0 Å². The number of rotatable bonds is 5. The summed E-state index contributed by atoms with van der Waals surface area (Å²) in [6, 6.07) is 11.4. The number of hydrogen-bond donors (Lipinski definition) is 2. The standard InChI is InChI=1S/C19H17N5O3S/c1-24-11-13(12-5-2-3-6-14(12)24)19(26)22-21-16(25)8-9-17-20-18(23-27-17)15-7-4-10-28-15/h2-7,10-11H,8-9H2,1H3,(H,21,25)(H,22,26). The number of thiophene rings is 1. The molecule has 0 saturated heterocycles. The molecule has 0 radical (unpaired) electrons. The summed E-state index contributed by atoms with van der Waals surface area (Å²) < 4.78 is 7.03. The Morgan fingerprint density at radius 1 is 1.18 bits per heavy atom. The minimum atomic E-state index is -0.372. The molecule has 0 saturated carbocycles. The van der Waals surface area contributed by atoms with Crippen LogP contribution in [0.15, 0.2) is 52.5 Å². The smallest absolute Gasteiger partial charge is 0.271 e. The molecular weight excluding hydrogens is 378 g/mol. The quantitative estimate of drug-likeness (QED) is 0.506. The first-order valence-corrected chi connectivity index (χ1v) is 9.49. The topological polar surface area (TPSA) is 102 Å². The van der Waals surface area contributed by atoms with Gasteiger partial charge in [0.2, 0.25) is 17.6 Å². The van der Waals surface area contributed by atoms with Gasteiger partial charge in [-0.05, 0) is 17.5 Å². The summed E-state index contributed by atoms with van der Waals surface area (Å²) in [5.41, 5.74) is 6.31. The van der Waals surface area contributed by atoms with Crippen LogP contribution in [-0.4, -0.2) is 26.5 Å². The summed E-state index contributed by atoms with van der Waals surface area (Å²) in [5.74, 6) is 0.168. The van der Waals surface area contributed by atoms with Crippen LogP contribution >= 0.6 is 11.3 Å². The summed E-state index contributed by atoms with van der Waals surface area (Å²) in [6.07, 6.45) is 2.13. The van der Waals surface area contributed by atoms with Crippen LogP contribution in [0.5, 0.6) is 0 Å². The minimum absolute atomic E-state index is 0.113. The van der Waals surface area contributed by atoms with Crippen molar-refractivity contribution in [1.82, 2.24) is 25.6 Å². The number of carbonyl (C=O) groups excluding carboxylic acids is 2. The van der Waals surface area contributed by atoms with Gasteiger partial charge in [0.05, 0.1) is 10.4 Å². The lowest BCUT2D eigenvalue weighted by molar-refractivity contribution is -0.121. The third-order valence-electron chi connectivity index (χ3n) is 4.23. The average molecular weight is 395 g/mol. The van der Waals surface area contributed by atoms with E-state index in [1.165, 1.54) is 11.3 Å². The molecule has 0 unspecified atom stereocenters. The fourth-order valence-electron chi connectivity index (χ4n) is 2.86. The van der Waals surface area contributed by atoms with Gasteiger partial charge in [-0.3, -0.25) is 20.4 Å². The van der Waals surface area contributed by atoms with E-state index in [9.17, 15) is 9.59 Å². The van der Waals surface area contributed by atoms with Gasteiger partial charge in [0.1, 0.15) is 0 Å². The number of aryl methyl sites for hydroxylation is 2. The normalized spacial score (nSPS) is 10.9. The van der Waals surface area contributed by atoms with Crippen molar-refractivity contribution in [2.24, 2.45) is 7.05 Å². The molecule has 2 amide bonds. The highest BCUT2D eigenvalue weighted by atomic mass is 32.1. The molecule has 0 fully saturated rings. The van der Waals surface area contributed by atoms with Gasteiger partial charge in [0, 0.05) is 37.0 Å². The molecule has 0 atom stereocenters. The molecule has 0 aliphatic heterocycles. The highest BCUT2D eigenvalue weighted by Crippen LogP contribution is 2.22. The van der Waals surface area contributed by atoms with Crippen LogP contribution < -0.4 is 10.9 Å². The molecule has 0 aliphatic rings. The lowest BCUT2D eigenvalue weighted by atomic mass is 10.2. The number of benzene rings is 1. The molecule has 9 heteroatoms. The molecular formula is C19H17N5O3S. The highest BCUT2D eigenvalue weighted by molar-refractivity contribution is 7.13. The number of nitrogens with zero attached hydrogens (tertiary/aromatic N) is 3. The van der Waals surface area contributed by atoms with Crippen molar-refractivity contribution in [3.05, 3.63) is 59.4 Å². The van der Waals surface area contributed by atoms with Gasteiger partial charge in [-0.25, -0.2) is 0 Å². The largest absolute Gasteiger partial charge is 0.350 e. The van der Waals surface area contributed by atoms with Crippen LogP contribution in [0.1, 0.15) is 22.7 Å². The molecule has 0 spiro atoms. The molecule has 3 heterocycles. The Balaban J connectivity index is 1.31. The molecule has 4 rings (SSSR count). The Labute approximate surface area is 164 Å². The fourth-order valence-corrected chi connectivity index (χ4v) is 3.51. The zero-order valence-electron chi connectivity index (χ0n) is 15.0. The van der Waals surface area contributed by atoms with Gasteiger partial charge < -0.3 is 9.09 Å². The number of hydrazine groups is 1. The van der Waals surface area contributed by atoms with E-state index in [1.54, 1.807) is 6.20 Å². The van der Waals surface area contributed by atoms with Crippen molar-refractivity contribution in [3.63, 3.8) is 0 Å². The van der Waals surface area contributed by atoms with Crippen LogP contribution in [0, 0.1) is 0 Å². The van der Waals surface area contributed by atoms with Gasteiger partial charge in [-0.1, -0.05) is 29.4 Å². The number of carbonyl (C=O) groups is 2. The first-order chi connectivity index (χ1) is 13.6. The van der Waals surface area contributed by atoms with Crippen molar-refractivity contribution in [2.75, 3.05) is 0 Å². The second-order valence-electron chi connectivity index (χ2n) is 6.16. The first-order valence-electron chi connectivity index (χ1n) is 8.61. The molecule has 0 aliphatic carbocycles. The predicted octanol–water partition coefficient (Wildman–Crippen LogP) is 2.68. The Morgan fingerprint density at radius 2 is 2.04 bits per heavy atom. The summed E-state index contributed by atoms with van der Waals surface area (Å²) in [7, 11) is 1.87. The Hall–Kier alpha value is -3.46. The Morgan fingerprint density at radius 3 is 2.86 bits per heavy atom. The maximum Gasteiger partial charge on any atom is 0.271 e. The van der Waals surface area contributed by atoms with Crippen LogP contribution in [-0.2, 0) is 18.3 Å². The SMILES string of the molecule is Cn1cc(C(=O)NNC(=O)CCc2nc(-c3cccs3)no2)c2ccccc21. The van der Waals surface area contributed by atoms with Crippen molar-refractivity contribution < 1.29 is 14.1 Å². The van der Waals surface area contributed by atoms with Crippen LogP contribution in [0.25, 0.3) is 21.6 Å².